The number of nitrogens with zero attached hydrogens (tertiary/aromatic N) is 5. The van der Waals surface area contributed by atoms with E-state index in [1.54, 1.807) is 0 Å². The van der Waals surface area contributed by atoms with E-state index in [4.69, 9.17) is 9.26 Å². The third-order valence-electron chi connectivity index (χ3n) is 5.52. The van der Waals surface area contributed by atoms with Gasteiger partial charge in [-0.2, -0.15) is 4.98 Å². The van der Waals surface area contributed by atoms with Gasteiger partial charge in [0.15, 0.2) is 5.82 Å². The molecule has 2 saturated heterocycles. The molecule has 1 aliphatic carbocycles. The molecule has 0 spiro atoms. The maximum absolute atomic E-state index is 5.90. The molecule has 0 N–H and O–H groups in total. The summed E-state index contributed by atoms with van der Waals surface area (Å²) in [6.07, 6.45) is 2.78. The molecule has 0 amide bonds. The quantitative estimate of drug-likeness (QED) is 0.794. The number of rotatable bonds is 5. The predicted molar refractivity (Wildman–Crippen MR) is 89.9 cm³/mol. The second-order valence-electron chi connectivity index (χ2n) is 7.53. The van der Waals surface area contributed by atoms with Gasteiger partial charge in [0.25, 0.3) is 0 Å². The van der Waals surface area contributed by atoms with Crippen molar-refractivity contribution in [1.82, 2.24) is 24.8 Å². The largest absolute Gasteiger partial charge is 0.374 e. The molecule has 24 heavy (non-hydrogen) atoms. The lowest BCUT2D eigenvalue weighted by Crippen LogP contribution is -2.52. The Morgan fingerprint density at radius 3 is 2.67 bits per heavy atom. The average Bonchev–Trinajstić information content (AvgIpc) is 3.32. The third-order valence-corrected chi connectivity index (χ3v) is 5.52. The van der Waals surface area contributed by atoms with E-state index < -0.39 is 0 Å². The Labute approximate surface area is 143 Å². The van der Waals surface area contributed by atoms with Crippen molar-refractivity contribution in [2.75, 3.05) is 59.5 Å². The zero-order chi connectivity index (χ0) is 16.5. The molecule has 2 aliphatic heterocycles. The van der Waals surface area contributed by atoms with Crippen molar-refractivity contribution in [3.63, 3.8) is 0 Å². The van der Waals surface area contributed by atoms with E-state index in [1.807, 2.05) is 0 Å². The summed E-state index contributed by atoms with van der Waals surface area (Å²) < 4.78 is 11.4. The van der Waals surface area contributed by atoms with Crippen LogP contribution in [0.2, 0.25) is 0 Å². The van der Waals surface area contributed by atoms with Gasteiger partial charge in [0, 0.05) is 51.7 Å². The predicted octanol–water partition coefficient (Wildman–Crippen LogP) is 0.956. The van der Waals surface area contributed by atoms with Crippen LogP contribution in [0.4, 0.5) is 0 Å². The van der Waals surface area contributed by atoms with Crippen molar-refractivity contribution in [3.8, 4) is 0 Å². The Hall–Kier alpha value is -1.02. The molecule has 134 valence electrons. The highest BCUT2D eigenvalue weighted by molar-refractivity contribution is 5.04. The minimum Gasteiger partial charge on any atom is -0.374 e. The van der Waals surface area contributed by atoms with Gasteiger partial charge in [-0.3, -0.25) is 9.80 Å². The summed E-state index contributed by atoms with van der Waals surface area (Å²) in [5.41, 5.74) is 0. The standard InChI is InChI=1S/C17H29N5O2/c1-13(17-18-16(19-24-17)14-3-4-14)22-7-5-21(6-8-22)12-15-11-20(2)9-10-23-15/h13-15H,3-12H2,1-2H3/t13-,15-/m1/s1. The summed E-state index contributed by atoms with van der Waals surface area (Å²) in [7, 11) is 2.18. The Bertz CT molecular complexity index is 539. The number of aromatic nitrogens is 2. The molecule has 1 aromatic rings. The van der Waals surface area contributed by atoms with E-state index >= 15 is 0 Å². The van der Waals surface area contributed by atoms with Crippen LogP contribution in [0.5, 0.6) is 0 Å². The summed E-state index contributed by atoms with van der Waals surface area (Å²) in [4.78, 5) is 11.9. The number of ether oxygens (including phenoxy) is 1. The van der Waals surface area contributed by atoms with Crippen LogP contribution in [0.15, 0.2) is 4.52 Å². The lowest BCUT2D eigenvalue weighted by Gasteiger charge is -2.39. The SMILES string of the molecule is C[C@H](c1nc(C2CC2)no1)N1CCN(C[C@H]2CN(C)CCO2)CC1. The lowest BCUT2D eigenvalue weighted by molar-refractivity contribution is -0.0430. The first kappa shape index (κ1) is 16.4. The summed E-state index contributed by atoms with van der Waals surface area (Å²) in [5, 5.41) is 4.15. The van der Waals surface area contributed by atoms with E-state index in [-0.39, 0.29) is 6.04 Å². The van der Waals surface area contributed by atoms with Crippen LogP contribution in [-0.4, -0.2) is 90.4 Å². The molecular formula is C17H29N5O2. The molecule has 0 unspecified atom stereocenters. The van der Waals surface area contributed by atoms with E-state index in [0.717, 1.165) is 64.1 Å². The van der Waals surface area contributed by atoms with Gasteiger partial charge in [0.05, 0.1) is 18.8 Å². The smallest absolute Gasteiger partial charge is 0.243 e. The number of morpholine rings is 1. The van der Waals surface area contributed by atoms with Crippen molar-refractivity contribution in [1.29, 1.82) is 0 Å². The number of hydrogen-bond acceptors (Lipinski definition) is 7. The van der Waals surface area contributed by atoms with Crippen molar-refractivity contribution < 1.29 is 9.26 Å². The molecule has 7 nitrogen and oxygen atoms in total. The van der Waals surface area contributed by atoms with Gasteiger partial charge in [-0.15, -0.1) is 0 Å². The van der Waals surface area contributed by atoms with Gasteiger partial charge >= 0.3 is 0 Å². The molecule has 1 aromatic heterocycles. The Balaban J connectivity index is 1.25. The molecule has 2 atom stereocenters. The van der Waals surface area contributed by atoms with Gasteiger partial charge in [-0.25, -0.2) is 0 Å². The summed E-state index contributed by atoms with van der Waals surface area (Å²) in [5.74, 6) is 2.25. The first-order chi connectivity index (χ1) is 11.7. The van der Waals surface area contributed by atoms with Gasteiger partial charge in [0.1, 0.15) is 0 Å². The first-order valence-corrected chi connectivity index (χ1v) is 9.29. The van der Waals surface area contributed by atoms with Crippen LogP contribution in [0, 0.1) is 0 Å². The molecule has 3 aliphatic rings. The van der Waals surface area contributed by atoms with E-state index in [2.05, 4.69) is 38.8 Å². The highest BCUT2D eigenvalue weighted by atomic mass is 16.5. The van der Waals surface area contributed by atoms with Crippen molar-refractivity contribution in [2.24, 2.45) is 0 Å². The second-order valence-corrected chi connectivity index (χ2v) is 7.53. The maximum atomic E-state index is 5.90. The van der Waals surface area contributed by atoms with Gasteiger partial charge < -0.3 is 14.2 Å². The Morgan fingerprint density at radius 1 is 1.17 bits per heavy atom. The molecule has 1 saturated carbocycles. The number of likely N-dealkylation sites (N-methyl/N-ethyl adjacent to an activating group) is 1. The van der Waals surface area contributed by atoms with Gasteiger partial charge in [-0.1, -0.05) is 5.16 Å². The maximum Gasteiger partial charge on any atom is 0.243 e. The molecule has 4 rings (SSSR count). The van der Waals surface area contributed by atoms with E-state index in [1.165, 1.54) is 12.8 Å². The molecule has 3 fully saturated rings. The van der Waals surface area contributed by atoms with Crippen LogP contribution in [0.25, 0.3) is 0 Å². The Kier molecular flexibility index (Phi) is 4.85. The fourth-order valence-corrected chi connectivity index (χ4v) is 3.68. The second kappa shape index (κ2) is 7.07. The topological polar surface area (TPSA) is 57.9 Å². The summed E-state index contributed by atoms with van der Waals surface area (Å²) in [6, 6.07) is 0.212. The molecule has 0 bridgehead atoms. The minimum atomic E-state index is 0.212. The zero-order valence-corrected chi connectivity index (χ0v) is 14.9. The number of hydrogen-bond donors (Lipinski definition) is 0. The fourth-order valence-electron chi connectivity index (χ4n) is 3.68. The van der Waals surface area contributed by atoms with Gasteiger partial charge in [-0.05, 0) is 26.8 Å². The van der Waals surface area contributed by atoms with E-state index in [0.29, 0.717) is 12.0 Å². The van der Waals surface area contributed by atoms with Crippen LogP contribution >= 0.6 is 0 Å². The Morgan fingerprint density at radius 2 is 1.96 bits per heavy atom. The van der Waals surface area contributed by atoms with Gasteiger partial charge in [0.2, 0.25) is 5.89 Å². The molecule has 7 heteroatoms. The monoisotopic (exact) mass is 335 g/mol. The van der Waals surface area contributed by atoms with Crippen LogP contribution in [0.1, 0.15) is 43.4 Å². The van der Waals surface area contributed by atoms with Crippen molar-refractivity contribution in [3.05, 3.63) is 11.7 Å². The van der Waals surface area contributed by atoms with Crippen LogP contribution in [-0.2, 0) is 4.74 Å². The fraction of sp³-hybridized carbons (Fsp3) is 0.882. The molecule has 3 heterocycles. The normalized spacial score (nSPS) is 29.0. The summed E-state index contributed by atoms with van der Waals surface area (Å²) in [6.45, 7) is 10.4. The summed E-state index contributed by atoms with van der Waals surface area (Å²) >= 11 is 0. The van der Waals surface area contributed by atoms with Crippen LogP contribution < -0.4 is 0 Å². The lowest BCUT2D eigenvalue weighted by atomic mass is 10.2. The van der Waals surface area contributed by atoms with Crippen LogP contribution in [0.3, 0.4) is 0 Å². The minimum absolute atomic E-state index is 0.212. The van der Waals surface area contributed by atoms with Crippen molar-refractivity contribution in [2.45, 2.75) is 37.8 Å². The molecule has 0 aromatic carbocycles. The third kappa shape index (κ3) is 3.79. The highest BCUT2D eigenvalue weighted by Crippen LogP contribution is 2.38. The average molecular weight is 335 g/mol. The molecule has 0 radical (unpaired) electrons. The number of piperazine rings is 1. The van der Waals surface area contributed by atoms with Crippen molar-refractivity contribution >= 4 is 0 Å². The zero-order valence-electron chi connectivity index (χ0n) is 14.9. The first-order valence-electron chi connectivity index (χ1n) is 9.29. The van der Waals surface area contributed by atoms with E-state index in [9.17, 15) is 0 Å². The molecular weight excluding hydrogens is 306 g/mol. The highest BCUT2D eigenvalue weighted by Gasteiger charge is 2.32.